The third kappa shape index (κ3) is 4.75. The minimum absolute atomic E-state index is 0.371. The number of hydrazine groups is 1. The van der Waals surface area contributed by atoms with E-state index in [1.807, 2.05) is 25.1 Å². The van der Waals surface area contributed by atoms with Crippen molar-refractivity contribution in [3.8, 4) is 0 Å². The number of hydrogen-bond donors (Lipinski definition) is 2. The molecule has 0 saturated heterocycles. The number of benzene rings is 2. The van der Waals surface area contributed by atoms with Crippen molar-refractivity contribution < 1.29 is 9.59 Å². The van der Waals surface area contributed by atoms with Gasteiger partial charge in [-0.25, -0.2) is 0 Å². The maximum atomic E-state index is 11.8. The van der Waals surface area contributed by atoms with Gasteiger partial charge in [0.15, 0.2) is 0 Å². The number of amides is 2. The zero-order chi connectivity index (χ0) is 15.9. The van der Waals surface area contributed by atoms with Crippen molar-refractivity contribution >= 4 is 29.5 Å². The molecule has 0 aromatic heterocycles. The third-order valence-electron chi connectivity index (χ3n) is 2.89. The maximum absolute atomic E-state index is 11.8. The molecule has 0 atom stereocenters. The molecule has 0 spiro atoms. The Labute approximate surface area is 133 Å². The first-order chi connectivity index (χ1) is 10.5. The quantitative estimate of drug-likeness (QED) is 0.675. The Hall–Kier alpha value is -2.59. The van der Waals surface area contributed by atoms with Crippen molar-refractivity contribution in [1.82, 2.24) is 10.9 Å². The molecular formula is C17H15ClN2O2. The number of halogens is 1. The van der Waals surface area contributed by atoms with E-state index in [9.17, 15) is 9.59 Å². The molecule has 2 rings (SSSR count). The fourth-order valence-corrected chi connectivity index (χ4v) is 1.92. The molecule has 0 aliphatic heterocycles. The number of rotatable bonds is 3. The SMILES string of the molecule is Cc1ccc(C(=O)NNC(=O)/C=C/c2cccc(Cl)c2)cc1. The van der Waals surface area contributed by atoms with E-state index in [1.165, 1.54) is 6.08 Å². The molecule has 2 aromatic carbocycles. The van der Waals surface area contributed by atoms with Crippen LogP contribution < -0.4 is 10.9 Å². The van der Waals surface area contributed by atoms with Gasteiger partial charge in [0.05, 0.1) is 0 Å². The summed E-state index contributed by atoms with van der Waals surface area (Å²) < 4.78 is 0. The summed E-state index contributed by atoms with van der Waals surface area (Å²) in [4.78, 5) is 23.5. The Morgan fingerprint density at radius 2 is 1.77 bits per heavy atom. The number of aryl methyl sites for hydroxylation is 1. The first kappa shape index (κ1) is 15.8. The lowest BCUT2D eigenvalue weighted by molar-refractivity contribution is -0.117. The Bertz CT molecular complexity index is 709. The van der Waals surface area contributed by atoms with E-state index in [1.54, 1.807) is 36.4 Å². The number of nitrogens with one attached hydrogen (secondary N) is 2. The average molecular weight is 315 g/mol. The van der Waals surface area contributed by atoms with Gasteiger partial charge in [0.25, 0.3) is 11.8 Å². The molecule has 0 radical (unpaired) electrons. The van der Waals surface area contributed by atoms with Gasteiger partial charge in [-0.05, 0) is 42.8 Å². The molecule has 0 aliphatic rings. The minimum atomic E-state index is -0.430. The molecule has 5 heteroatoms. The first-order valence-corrected chi connectivity index (χ1v) is 7.03. The van der Waals surface area contributed by atoms with Crippen LogP contribution in [0.2, 0.25) is 5.02 Å². The van der Waals surface area contributed by atoms with Crippen molar-refractivity contribution in [3.05, 3.63) is 76.3 Å². The van der Waals surface area contributed by atoms with Crippen LogP contribution in [-0.2, 0) is 4.79 Å². The second-order valence-corrected chi connectivity index (χ2v) is 5.13. The zero-order valence-corrected chi connectivity index (χ0v) is 12.7. The van der Waals surface area contributed by atoms with Crippen LogP contribution in [0.25, 0.3) is 6.08 Å². The van der Waals surface area contributed by atoms with Gasteiger partial charge in [-0.15, -0.1) is 0 Å². The largest absolute Gasteiger partial charge is 0.269 e. The van der Waals surface area contributed by atoms with Crippen LogP contribution in [0.5, 0.6) is 0 Å². The van der Waals surface area contributed by atoms with Gasteiger partial charge < -0.3 is 0 Å². The molecule has 112 valence electrons. The molecule has 4 nitrogen and oxygen atoms in total. The van der Waals surface area contributed by atoms with Crippen LogP contribution >= 0.6 is 11.6 Å². The van der Waals surface area contributed by atoms with E-state index in [0.717, 1.165) is 11.1 Å². The molecule has 0 aliphatic carbocycles. The molecule has 2 amide bonds. The van der Waals surface area contributed by atoms with Gasteiger partial charge in [0.1, 0.15) is 0 Å². The average Bonchev–Trinajstić information content (AvgIpc) is 2.51. The highest BCUT2D eigenvalue weighted by molar-refractivity contribution is 6.30. The smallest absolute Gasteiger partial charge is 0.268 e. The number of hydrogen-bond acceptors (Lipinski definition) is 2. The van der Waals surface area contributed by atoms with Gasteiger partial charge in [0, 0.05) is 16.7 Å². The van der Waals surface area contributed by atoms with E-state index in [-0.39, 0.29) is 5.91 Å². The van der Waals surface area contributed by atoms with Gasteiger partial charge in [-0.3, -0.25) is 20.4 Å². The van der Waals surface area contributed by atoms with Crippen molar-refractivity contribution in [2.24, 2.45) is 0 Å². The Kier molecular flexibility index (Phi) is 5.33. The summed E-state index contributed by atoms with van der Waals surface area (Å²) in [6, 6.07) is 14.1. The van der Waals surface area contributed by atoms with Crippen LogP contribution in [0.4, 0.5) is 0 Å². The van der Waals surface area contributed by atoms with Gasteiger partial charge in [0.2, 0.25) is 0 Å². The summed E-state index contributed by atoms with van der Waals surface area (Å²) in [5, 5.41) is 0.593. The van der Waals surface area contributed by atoms with Gasteiger partial charge in [-0.2, -0.15) is 0 Å². The molecule has 0 heterocycles. The Morgan fingerprint density at radius 3 is 2.45 bits per heavy atom. The second-order valence-electron chi connectivity index (χ2n) is 4.70. The predicted octanol–water partition coefficient (Wildman–Crippen LogP) is 3.12. The monoisotopic (exact) mass is 314 g/mol. The standard InChI is InChI=1S/C17H15ClN2O2/c1-12-5-8-14(9-6-12)17(22)20-19-16(21)10-7-13-3-2-4-15(18)11-13/h2-11H,1H3,(H,19,21)(H,20,22)/b10-7+. The topological polar surface area (TPSA) is 58.2 Å². The highest BCUT2D eigenvalue weighted by Crippen LogP contribution is 2.11. The molecule has 0 unspecified atom stereocenters. The highest BCUT2D eigenvalue weighted by atomic mass is 35.5. The Morgan fingerprint density at radius 1 is 1.05 bits per heavy atom. The van der Waals surface area contributed by atoms with Crippen LogP contribution in [0.15, 0.2) is 54.6 Å². The highest BCUT2D eigenvalue weighted by Gasteiger charge is 2.05. The molecule has 0 bridgehead atoms. The first-order valence-electron chi connectivity index (χ1n) is 6.65. The molecule has 22 heavy (non-hydrogen) atoms. The third-order valence-corrected chi connectivity index (χ3v) is 3.12. The van der Waals surface area contributed by atoms with Crippen molar-refractivity contribution in [2.45, 2.75) is 6.92 Å². The fraction of sp³-hybridized carbons (Fsp3) is 0.0588. The van der Waals surface area contributed by atoms with Gasteiger partial charge >= 0.3 is 0 Å². The minimum Gasteiger partial charge on any atom is -0.268 e. The normalized spacial score (nSPS) is 10.5. The van der Waals surface area contributed by atoms with E-state index in [2.05, 4.69) is 10.9 Å². The Balaban J connectivity index is 1.87. The van der Waals surface area contributed by atoms with Crippen molar-refractivity contribution in [3.63, 3.8) is 0 Å². The molecule has 2 N–H and O–H groups in total. The summed E-state index contributed by atoms with van der Waals surface area (Å²) >= 11 is 5.85. The van der Waals surface area contributed by atoms with Crippen LogP contribution in [0, 0.1) is 6.92 Å². The summed E-state index contributed by atoms with van der Waals surface area (Å²) in [5.74, 6) is -0.801. The van der Waals surface area contributed by atoms with E-state index in [0.29, 0.717) is 10.6 Å². The number of carbonyl (C=O) groups is 2. The van der Waals surface area contributed by atoms with Crippen molar-refractivity contribution in [1.29, 1.82) is 0 Å². The maximum Gasteiger partial charge on any atom is 0.269 e. The number of carbonyl (C=O) groups excluding carboxylic acids is 2. The zero-order valence-electron chi connectivity index (χ0n) is 12.0. The summed E-state index contributed by atoms with van der Waals surface area (Å²) in [6.07, 6.45) is 2.93. The predicted molar refractivity (Wildman–Crippen MR) is 87.3 cm³/mol. The van der Waals surface area contributed by atoms with Gasteiger partial charge in [-0.1, -0.05) is 41.4 Å². The lowest BCUT2D eigenvalue weighted by atomic mass is 10.1. The summed E-state index contributed by atoms with van der Waals surface area (Å²) in [6.45, 7) is 1.93. The van der Waals surface area contributed by atoms with E-state index >= 15 is 0 Å². The molecular weight excluding hydrogens is 300 g/mol. The van der Waals surface area contributed by atoms with Crippen LogP contribution in [0.1, 0.15) is 21.5 Å². The fourth-order valence-electron chi connectivity index (χ4n) is 1.72. The van der Waals surface area contributed by atoms with E-state index < -0.39 is 5.91 Å². The molecule has 2 aromatic rings. The van der Waals surface area contributed by atoms with Crippen LogP contribution in [0.3, 0.4) is 0 Å². The molecule has 0 fully saturated rings. The van der Waals surface area contributed by atoms with Crippen LogP contribution in [-0.4, -0.2) is 11.8 Å². The van der Waals surface area contributed by atoms with E-state index in [4.69, 9.17) is 11.6 Å². The molecule has 0 saturated carbocycles. The summed E-state index contributed by atoms with van der Waals surface area (Å²) in [7, 11) is 0. The lowest BCUT2D eigenvalue weighted by Gasteiger charge is -2.05. The van der Waals surface area contributed by atoms with Crippen molar-refractivity contribution in [2.75, 3.05) is 0 Å². The second kappa shape index (κ2) is 7.43. The summed E-state index contributed by atoms with van der Waals surface area (Å²) in [5.41, 5.74) is 7.01. The lowest BCUT2D eigenvalue weighted by Crippen LogP contribution is -2.40.